The van der Waals surface area contributed by atoms with Gasteiger partial charge in [0.1, 0.15) is 5.75 Å². The molecule has 2 amide bonds. The van der Waals surface area contributed by atoms with E-state index in [4.69, 9.17) is 14.2 Å². The minimum atomic E-state index is -0.632. The maximum Gasteiger partial charge on any atom is 0.265 e. The van der Waals surface area contributed by atoms with Gasteiger partial charge in [-0.3, -0.25) is 9.59 Å². The molecule has 0 spiro atoms. The van der Waals surface area contributed by atoms with E-state index < -0.39 is 6.10 Å². The SMILES string of the molecule is O=C(Nc1ccc2c(c1)OCO2)c1ccccc1NC(=O)C1Cc2ccccc2O1. The molecule has 3 aromatic rings. The van der Waals surface area contributed by atoms with Gasteiger partial charge in [0.15, 0.2) is 17.6 Å². The van der Waals surface area contributed by atoms with E-state index in [9.17, 15) is 9.59 Å². The van der Waals surface area contributed by atoms with Crippen LogP contribution in [0.3, 0.4) is 0 Å². The van der Waals surface area contributed by atoms with Crippen molar-refractivity contribution in [2.45, 2.75) is 12.5 Å². The third-order valence-corrected chi connectivity index (χ3v) is 5.00. The zero-order chi connectivity index (χ0) is 20.5. The fourth-order valence-corrected chi connectivity index (χ4v) is 3.50. The van der Waals surface area contributed by atoms with Gasteiger partial charge < -0.3 is 24.8 Å². The largest absolute Gasteiger partial charge is 0.480 e. The van der Waals surface area contributed by atoms with Gasteiger partial charge in [-0.25, -0.2) is 0 Å². The highest BCUT2D eigenvalue weighted by Gasteiger charge is 2.29. The summed E-state index contributed by atoms with van der Waals surface area (Å²) in [6.45, 7) is 0.161. The zero-order valence-corrected chi connectivity index (χ0v) is 15.9. The first-order chi connectivity index (χ1) is 14.7. The minimum absolute atomic E-state index is 0.161. The first-order valence-corrected chi connectivity index (χ1v) is 9.53. The molecule has 0 saturated heterocycles. The van der Waals surface area contributed by atoms with Gasteiger partial charge in [0.2, 0.25) is 6.79 Å². The summed E-state index contributed by atoms with van der Waals surface area (Å²) in [5.74, 6) is 1.28. The second-order valence-corrected chi connectivity index (χ2v) is 6.98. The van der Waals surface area contributed by atoms with Crippen molar-refractivity contribution < 1.29 is 23.8 Å². The van der Waals surface area contributed by atoms with E-state index in [2.05, 4.69) is 10.6 Å². The molecule has 7 heteroatoms. The number of para-hydroxylation sites is 2. The van der Waals surface area contributed by atoms with E-state index in [0.29, 0.717) is 40.6 Å². The van der Waals surface area contributed by atoms with Crippen molar-refractivity contribution >= 4 is 23.2 Å². The van der Waals surface area contributed by atoms with E-state index in [1.807, 2.05) is 24.3 Å². The molecule has 2 N–H and O–H groups in total. The van der Waals surface area contributed by atoms with Gasteiger partial charge in [-0.15, -0.1) is 0 Å². The van der Waals surface area contributed by atoms with Crippen LogP contribution in [0.25, 0.3) is 0 Å². The van der Waals surface area contributed by atoms with E-state index >= 15 is 0 Å². The molecular weight excluding hydrogens is 384 g/mol. The van der Waals surface area contributed by atoms with Crippen LogP contribution in [0.2, 0.25) is 0 Å². The summed E-state index contributed by atoms with van der Waals surface area (Å²) in [7, 11) is 0. The summed E-state index contributed by atoms with van der Waals surface area (Å²) >= 11 is 0. The number of carbonyl (C=O) groups is 2. The number of ether oxygens (including phenoxy) is 3. The Labute approximate surface area is 172 Å². The van der Waals surface area contributed by atoms with E-state index in [0.717, 1.165) is 5.56 Å². The molecule has 30 heavy (non-hydrogen) atoms. The first kappa shape index (κ1) is 18.1. The number of amides is 2. The van der Waals surface area contributed by atoms with Crippen LogP contribution in [0, 0.1) is 0 Å². The molecule has 150 valence electrons. The second kappa shape index (κ2) is 7.44. The average molecular weight is 402 g/mol. The van der Waals surface area contributed by atoms with E-state index in [1.54, 1.807) is 42.5 Å². The molecule has 0 aromatic heterocycles. The molecule has 0 saturated carbocycles. The summed E-state index contributed by atoms with van der Waals surface area (Å²) < 4.78 is 16.4. The fourth-order valence-electron chi connectivity index (χ4n) is 3.50. The number of fused-ring (bicyclic) bond motifs is 2. The molecule has 0 fully saturated rings. The molecule has 7 nitrogen and oxygen atoms in total. The highest BCUT2D eigenvalue weighted by molar-refractivity contribution is 6.10. The van der Waals surface area contributed by atoms with E-state index in [1.165, 1.54) is 0 Å². The lowest BCUT2D eigenvalue weighted by Crippen LogP contribution is -2.32. The molecule has 2 aliphatic heterocycles. The van der Waals surface area contributed by atoms with Crippen LogP contribution in [-0.2, 0) is 11.2 Å². The number of rotatable bonds is 4. The van der Waals surface area contributed by atoms with Crippen LogP contribution < -0.4 is 24.8 Å². The van der Waals surface area contributed by atoms with Crippen LogP contribution in [0.15, 0.2) is 66.7 Å². The van der Waals surface area contributed by atoms with Crippen molar-refractivity contribution in [2.75, 3.05) is 17.4 Å². The van der Waals surface area contributed by atoms with E-state index in [-0.39, 0.29) is 18.6 Å². The Kier molecular flexibility index (Phi) is 4.48. The van der Waals surface area contributed by atoms with Crippen molar-refractivity contribution in [3.05, 3.63) is 77.9 Å². The quantitative estimate of drug-likeness (QED) is 0.696. The van der Waals surface area contributed by atoms with Crippen LogP contribution in [0.4, 0.5) is 11.4 Å². The maximum absolute atomic E-state index is 12.9. The summed E-state index contributed by atoms with van der Waals surface area (Å²) in [5.41, 5.74) is 2.32. The highest BCUT2D eigenvalue weighted by Crippen LogP contribution is 2.34. The van der Waals surface area contributed by atoms with Gasteiger partial charge in [-0.05, 0) is 35.9 Å². The Hall–Kier alpha value is -4.00. The van der Waals surface area contributed by atoms with Gasteiger partial charge in [-0.1, -0.05) is 30.3 Å². The van der Waals surface area contributed by atoms with Gasteiger partial charge in [0.05, 0.1) is 11.3 Å². The zero-order valence-electron chi connectivity index (χ0n) is 15.9. The standard InChI is InChI=1S/C23H18N2O5/c26-22(24-15-9-10-19-20(12-15)29-13-28-19)16-6-2-3-7-17(16)25-23(27)21-11-14-5-1-4-8-18(14)30-21/h1-10,12,21H,11,13H2,(H,24,26)(H,25,27). The monoisotopic (exact) mass is 402 g/mol. The third kappa shape index (κ3) is 3.41. The van der Waals surface area contributed by atoms with Gasteiger partial charge >= 0.3 is 0 Å². The highest BCUT2D eigenvalue weighted by atomic mass is 16.7. The molecule has 2 aliphatic rings. The molecule has 1 atom stereocenters. The number of benzene rings is 3. The predicted molar refractivity (Wildman–Crippen MR) is 110 cm³/mol. The van der Waals surface area contributed by atoms with Gasteiger partial charge in [0, 0.05) is 18.2 Å². The predicted octanol–water partition coefficient (Wildman–Crippen LogP) is 3.61. The lowest BCUT2D eigenvalue weighted by Gasteiger charge is -2.14. The number of nitrogens with one attached hydrogen (secondary N) is 2. The van der Waals surface area contributed by atoms with Crippen LogP contribution in [0.1, 0.15) is 15.9 Å². The Morgan fingerprint density at radius 3 is 2.53 bits per heavy atom. The Bertz CT molecular complexity index is 1120. The smallest absolute Gasteiger partial charge is 0.265 e. The van der Waals surface area contributed by atoms with Gasteiger partial charge in [-0.2, -0.15) is 0 Å². The van der Waals surface area contributed by atoms with Crippen molar-refractivity contribution in [3.8, 4) is 17.2 Å². The number of hydrogen-bond donors (Lipinski definition) is 2. The molecule has 0 aliphatic carbocycles. The van der Waals surface area contributed by atoms with Crippen LogP contribution in [-0.4, -0.2) is 24.7 Å². The van der Waals surface area contributed by atoms with Crippen LogP contribution in [0.5, 0.6) is 17.2 Å². The molecule has 3 aromatic carbocycles. The number of carbonyl (C=O) groups excluding carboxylic acids is 2. The molecule has 0 bridgehead atoms. The normalized spacial score (nSPS) is 15.8. The van der Waals surface area contributed by atoms with Gasteiger partial charge in [0.25, 0.3) is 11.8 Å². The molecule has 0 radical (unpaired) electrons. The molecular formula is C23H18N2O5. The average Bonchev–Trinajstić information content (AvgIpc) is 3.40. The van der Waals surface area contributed by atoms with Crippen LogP contribution >= 0.6 is 0 Å². The fraction of sp³-hybridized carbons (Fsp3) is 0.130. The third-order valence-electron chi connectivity index (χ3n) is 5.00. The minimum Gasteiger partial charge on any atom is -0.480 e. The summed E-state index contributed by atoms with van der Waals surface area (Å²) in [5, 5.41) is 5.65. The van der Waals surface area contributed by atoms with Crippen molar-refractivity contribution in [3.63, 3.8) is 0 Å². The van der Waals surface area contributed by atoms with Crippen molar-refractivity contribution in [1.82, 2.24) is 0 Å². The Morgan fingerprint density at radius 2 is 1.63 bits per heavy atom. The summed E-state index contributed by atoms with van der Waals surface area (Å²) in [4.78, 5) is 25.6. The number of hydrogen-bond acceptors (Lipinski definition) is 5. The number of anilines is 2. The Morgan fingerprint density at radius 1 is 0.833 bits per heavy atom. The Balaban J connectivity index is 1.30. The maximum atomic E-state index is 12.9. The van der Waals surface area contributed by atoms with Crippen molar-refractivity contribution in [1.29, 1.82) is 0 Å². The first-order valence-electron chi connectivity index (χ1n) is 9.53. The topological polar surface area (TPSA) is 85.9 Å². The second-order valence-electron chi connectivity index (χ2n) is 6.98. The lowest BCUT2D eigenvalue weighted by atomic mass is 10.1. The lowest BCUT2D eigenvalue weighted by molar-refractivity contribution is -0.122. The van der Waals surface area contributed by atoms with Crippen molar-refractivity contribution in [2.24, 2.45) is 0 Å². The molecule has 1 unspecified atom stereocenters. The molecule has 2 heterocycles. The summed E-state index contributed by atoms with van der Waals surface area (Å²) in [6.07, 6.45) is -0.138. The summed E-state index contributed by atoms with van der Waals surface area (Å²) in [6, 6.07) is 19.6. The molecule has 5 rings (SSSR count).